The molecule has 0 radical (unpaired) electrons. The van der Waals surface area contributed by atoms with Gasteiger partial charge >= 0.3 is 0 Å². The Morgan fingerprint density at radius 3 is 2.56 bits per heavy atom. The summed E-state index contributed by atoms with van der Waals surface area (Å²) in [6.45, 7) is 5.63. The number of hydrogen-bond donors (Lipinski definition) is 5. The maximum Gasteiger partial charge on any atom is 0.252 e. The minimum absolute atomic E-state index is 0.176. The lowest BCUT2D eigenvalue weighted by Gasteiger charge is -2.15. The number of rotatable bonds is 8. The zero-order valence-corrected chi connectivity index (χ0v) is 16.7. The number of anilines is 3. The summed E-state index contributed by atoms with van der Waals surface area (Å²) in [5.74, 6) is -0.413. The van der Waals surface area contributed by atoms with Crippen LogP contribution in [0, 0.1) is 12.7 Å². The van der Waals surface area contributed by atoms with Gasteiger partial charge in [-0.3, -0.25) is 4.79 Å². The van der Waals surface area contributed by atoms with Crippen LogP contribution in [0.5, 0.6) is 0 Å². The predicted octanol–water partition coefficient (Wildman–Crippen LogP) is 2.52. The Kier molecular flexibility index (Phi) is 9.87. The Morgan fingerprint density at radius 1 is 1.22 bits per heavy atom. The number of aryl methyl sites for hydroxylation is 2. The van der Waals surface area contributed by atoms with Crippen molar-refractivity contribution in [3.05, 3.63) is 52.2 Å². The van der Waals surface area contributed by atoms with Crippen molar-refractivity contribution in [3.8, 4) is 0 Å². The Labute approximate surface area is 162 Å². The Morgan fingerprint density at radius 2 is 1.93 bits per heavy atom. The van der Waals surface area contributed by atoms with Crippen LogP contribution in [0.25, 0.3) is 0 Å². The Hall–Kier alpha value is -2.07. The average Bonchev–Trinajstić information content (AvgIpc) is 2.66. The van der Waals surface area contributed by atoms with Gasteiger partial charge in [0.05, 0.1) is 29.8 Å². The topological polar surface area (TPSA) is 98.6 Å². The number of hydrogen-bond acceptors (Lipinski definition) is 7. The molecule has 0 aliphatic carbocycles. The van der Waals surface area contributed by atoms with Crippen molar-refractivity contribution in [2.45, 2.75) is 26.9 Å². The largest absolute Gasteiger partial charge is 0.394 e. The van der Waals surface area contributed by atoms with Crippen LogP contribution in [0.4, 0.5) is 21.5 Å². The van der Waals surface area contributed by atoms with Crippen molar-refractivity contribution in [2.24, 2.45) is 7.05 Å². The van der Waals surface area contributed by atoms with E-state index >= 15 is 0 Å². The van der Waals surface area contributed by atoms with Gasteiger partial charge in [0.2, 0.25) is 0 Å². The number of aliphatic hydroxyl groups excluding tert-OH is 2. The maximum absolute atomic E-state index is 14.0. The highest BCUT2D eigenvalue weighted by Crippen LogP contribution is 2.27. The van der Waals surface area contributed by atoms with E-state index in [1.165, 1.54) is 16.7 Å². The lowest BCUT2D eigenvalue weighted by atomic mass is 10.2. The number of benzene rings is 1. The minimum atomic E-state index is -0.867. The summed E-state index contributed by atoms with van der Waals surface area (Å²) < 4.78 is 21.3. The fourth-order valence-corrected chi connectivity index (χ4v) is 2.60. The molecule has 1 aromatic heterocycles. The van der Waals surface area contributed by atoms with Crippen molar-refractivity contribution in [3.63, 3.8) is 0 Å². The Balaban J connectivity index is 0.00000176. The van der Waals surface area contributed by atoms with Crippen molar-refractivity contribution in [1.82, 2.24) is 9.29 Å². The summed E-state index contributed by atoms with van der Waals surface area (Å²) in [6.07, 6.45) is 0.710. The number of nitrogens with zero attached hydrogens (tertiary/aromatic N) is 1. The zero-order chi connectivity index (χ0) is 20.4. The zero-order valence-electron chi connectivity index (χ0n) is 15.9. The van der Waals surface area contributed by atoms with Crippen LogP contribution in [0.2, 0.25) is 0 Å². The fourth-order valence-electron chi connectivity index (χ4n) is 1.97. The first kappa shape index (κ1) is 23.0. The molecule has 0 bridgehead atoms. The highest BCUT2D eigenvalue weighted by atomic mass is 32.2. The van der Waals surface area contributed by atoms with E-state index in [4.69, 9.17) is 5.11 Å². The summed E-state index contributed by atoms with van der Waals surface area (Å²) in [7, 11) is 1.61. The molecule has 2 aromatic rings. The van der Waals surface area contributed by atoms with Crippen LogP contribution in [0.15, 0.2) is 35.3 Å². The molecule has 9 heteroatoms. The first-order valence-corrected chi connectivity index (χ1v) is 9.40. The molecule has 27 heavy (non-hydrogen) atoms. The molecule has 1 heterocycles. The molecule has 0 fully saturated rings. The first-order valence-electron chi connectivity index (χ1n) is 8.58. The van der Waals surface area contributed by atoms with Gasteiger partial charge in [-0.05, 0) is 24.6 Å². The molecule has 2 rings (SSSR count). The Bertz CT molecular complexity index is 786. The number of halogens is 1. The molecule has 0 spiro atoms. The monoisotopic (exact) mass is 398 g/mol. The van der Waals surface area contributed by atoms with Gasteiger partial charge in [-0.15, -0.1) is 0 Å². The lowest BCUT2D eigenvalue weighted by Crippen LogP contribution is -2.26. The summed E-state index contributed by atoms with van der Waals surface area (Å²) >= 11 is 1.08. The van der Waals surface area contributed by atoms with E-state index < -0.39 is 11.9 Å². The third-order valence-electron chi connectivity index (χ3n) is 3.39. The normalized spacial score (nSPS) is 11.4. The quantitative estimate of drug-likeness (QED) is 0.344. The van der Waals surface area contributed by atoms with E-state index in [1.807, 2.05) is 13.8 Å². The van der Waals surface area contributed by atoms with Crippen molar-refractivity contribution >= 4 is 29.2 Å². The third kappa shape index (κ3) is 7.22. The van der Waals surface area contributed by atoms with Crippen LogP contribution in [-0.4, -0.2) is 34.0 Å². The number of nitrogens with one attached hydrogen (secondary N) is 3. The molecule has 0 aliphatic rings. The van der Waals surface area contributed by atoms with Gasteiger partial charge in [-0.1, -0.05) is 19.9 Å². The number of aliphatic hydroxyl groups is 2. The van der Waals surface area contributed by atoms with Crippen LogP contribution in [0.3, 0.4) is 0 Å². The van der Waals surface area contributed by atoms with Gasteiger partial charge in [-0.2, -0.15) is 0 Å². The first-order chi connectivity index (χ1) is 12.9. The van der Waals surface area contributed by atoms with Gasteiger partial charge in [0.1, 0.15) is 5.82 Å². The van der Waals surface area contributed by atoms with Crippen LogP contribution >= 0.6 is 12.1 Å². The van der Waals surface area contributed by atoms with Gasteiger partial charge in [0.15, 0.2) is 0 Å². The van der Waals surface area contributed by atoms with Crippen molar-refractivity contribution in [2.75, 3.05) is 23.2 Å². The third-order valence-corrected chi connectivity index (χ3v) is 4.02. The maximum atomic E-state index is 14.0. The van der Waals surface area contributed by atoms with E-state index in [-0.39, 0.29) is 24.4 Å². The van der Waals surface area contributed by atoms with Gasteiger partial charge in [0.25, 0.3) is 5.56 Å². The molecular formula is C18H27FN4O3S. The van der Waals surface area contributed by atoms with E-state index in [1.54, 1.807) is 32.3 Å². The van der Waals surface area contributed by atoms with E-state index in [2.05, 4.69) is 14.8 Å². The highest BCUT2D eigenvalue weighted by Gasteiger charge is 2.09. The summed E-state index contributed by atoms with van der Waals surface area (Å²) in [4.78, 5) is 11.9. The summed E-state index contributed by atoms with van der Waals surface area (Å²) in [6, 6.07) is 6.15. The van der Waals surface area contributed by atoms with Gasteiger partial charge < -0.3 is 24.8 Å². The molecule has 0 saturated carbocycles. The molecule has 5 N–H and O–H groups in total. The fraction of sp³-hybridized carbons (Fsp3) is 0.389. The smallest absolute Gasteiger partial charge is 0.252 e. The summed E-state index contributed by atoms with van der Waals surface area (Å²) in [5, 5.41) is 21.0. The second-order valence-corrected chi connectivity index (χ2v) is 6.24. The van der Waals surface area contributed by atoms with Crippen LogP contribution < -0.4 is 20.3 Å². The van der Waals surface area contributed by atoms with Gasteiger partial charge in [-0.25, -0.2) is 9.11 Å². The predicted molar refractivity (Wildman–Crippen MR) is 110 cm³/mol. The number of pyridine rings is 1. The molecule has 0 aliphatic heterocycles. The van der Waals surface area contributed by atoms with E-state index in [9.17, 15) is 14.3 Å². The van der Waals surface area contributed by atoms with Crippen LogP contribution in [0.1, 0.15) is 19.4 Å². The molecule has 150 valence electrons. The van der Waals surface area contributed by atoms with Crippen molar-refractivity contribution in [1.29, 1.82) is 0 Å². The van der Waals surface area contributed by atoms with E-state index in [0.29, 0.717) is 11.4 Å². The van der Waals surface area contributed by atoms with E-state index in [0.717, 1.165) is 17.7 Å². The average molecular weight is 399 g/mol. The van der Waals surface area contributed by atoms with Crippen molar-refractivity contribution < 1.29 is 14.6 Å². The molecule has 1 aromatic carbocycles. The molecule has 0 saturated heterocycles. The highest BCUT2D eigenvalue weighted by molar-refractivity contribution is 7.98. The SMILES string of the molecule is CC.Cc1ccc(Nc2cc(=O)n(C)cc2NSNCC(O)CO)c(F)c1. The van der Waals surface area contributed by atoms with Crippen LogP contribution in [-0.2, 0) is 7.05 Å². The second-order valence-electron chi connectivity index (χ2n) is 5.55. The lowest BCUT2D eigenvalue weighted by molar-refractivity contribution is 0.0994. The second kappa shape index (κ2) is 11.6. The molecule has 1 unspecified atom stereocenters. The molecular weight excluding hydrogens is 371 g/mol. The molecule has 1 atom stereocenters. The van der Waals surface area contributed by atoms with Gasteiger partial charge in [0, 0.05) is 38.0 Å². The summed E-state index contributed by atoms with van der Waals surface area (Å²) in [5.41, 5.74) is 1.79. The minimum Gasteiger partial charge on any atom is -0.394 e. The molecule has 0 amide bonds. The number of aromatic nitrogens is 1. The standard InChI is InChI=1S/C16H21FN4O3S.C2H6/c1-10-3-4-13(12(17)5-10)19-14-6-16(24)21(2)8-15(14)20-25-18-7-11(23)9-22;1-2/h3-6,8,11,18-20,22-23H,7,9H2,1-2H3;1-2H3. The molecule has 7 nitrogen and oxygen atoms in total.